The van der Waals surface area contributed by atoms with Gasteiger partial charge in [-0.2, -0.15) is 9.40 Å². The monoisotopic (exact) mass is 348 g/mol. The summed E-state index contributed by atoms with van der Waals surface area (Å²) in [5, 5.41) is 6.26. The fraction of sp³-hybridized carbons (Fsp3) is 0.375. The number of amides is 1. The topological polar surface area (TPSA) is 86.4 Å². The first-order chi connectivity index (χ1) is 11.4. The first-order valence-corrected chi connectivity index (χ1v) is 9.20. The Morgan fingerprint density at radius 1 is 1.08 bits per heavy atom. The van der Waals surface area contributed by atoms with Crippen molar-refractivity contribution in [1.82, 2.24) is 19.4 Å². The van der Waals surface area contributed by atoms with E-state index >= 15 is 0 Å². The predicted molar refractivity (Wildman–Crippen MR) is 89.2 cm³/mol. The van der Waals surface area contributed by atoms with Crippen LogP contribution in [0, 0.1) is 13.8 Å². The number of hydrogen-bond acceptors (Lipinski definition) is 4. The minimum absolute atomic E-state index is 0.0378. The van der Waals surface area contributed by atoms with Gasteiger partial charge in [-0.05, 0) is 31.0 Å². The van der Waals surface area contributed by atoms with Crippen LogP contribution in [0.2, 0.25) is 0 Å². The van der Waals surface area contributed by atoms with E-state index in [4.69, 9.17) is 0 Å². The molecule has 8 heteroatoms. The van der Waals surface area contributed by atoms with Crippen LogP contribution in [0.4, 0.5) is 0 Å². The van der Waals surface area contributed by atoms with Crippen molar-refractivity contribution in [2.24, 2.45) is 0 Å². The zero-order valence-electron chi connectivity index (χ0n) is 13.7. The summed E-state index contributed by atoms with van der Waals surface area (Å²) in [6, 6.07) is 7.19. The van der Waals surface area contributed by atoms with Crippen LogP contribution in [0.1, 0.15) is 21.5 Å². The normalized spacial score (nSPS) is 16.3. The second-order valence-corrected chi connectivity index (χ2v) is 7.79. The molecule has 3 rings (SSSR count). The highest BCUT2D eigenvalue weighted by Gasteiger charge is 2.31. The van der Waals surface area contributed by atoms with Crippen LogP contribution < -0.4 is 0 Å². The first-order valence-electron chi connectivity index (χ1n) is 7.76. The van der Waals surface area contributed by atoms with Gasteiger partial charge >= 0.3 is 0 Å². The van der Waals surface area contributed by atoms with Gasteiger partial charge in [0, 0.05) is 31.7 Å². The molecule has 1 aromatic carbocycles. The first kappa shape index (κ1) is 16.7. The number of benzene rings is 1. The number of sulfonamides is 1. The third-order valence-corrected chi connectivity index (χ3v) is 6.14. The van der Waals surface area contributed by atoms with E-state index in [-0.39, 0.29) is 24.0 Å². The second-order valence-electron chi connectivity index (χ2n) is 5.88. The number of H-pyrrole nitrogens is 1. The zero-order valence-corrected chi connectivity index (χ0v) is 14.5. The molecule has 2 heterocycles. The number of aryl methyl sites for hydroxylation is 2. The quantitative estimate of drug-likeness (QED) is 0.902. The van der Waals surface area contributed by atoms with Crippen LogP contribution in [0.25, 0.3) is 0 Å². The van der Waals surface area contributed by atoms with E-state index in [2.05, 4.69) is 10.2 Å². The lowest BCUT2D eigenvalue weighted by Gasteiger charge is -2.34. The van der Waals surface area contributed by atoms with E-state index in [0.717, 1.165) is 11.1 Å². The van der Waals surface area contributed by atoms with Gasteiger partial charge < -0.3 is 4.90 Å². The minimum atomic E-state index is -3.57. The van der Waals surface area contributed by atoms with Crippen molar-refractivity contribution < 1.29 is 13.2 Å². The fourth-order valence-corrected chi connectivity index (χ4v) is 4.29. The maximum absolute atomic E-state index is 12.8. The molecule has 1 aromatic heterocycles. The molecule has 0 spiro atoms. The number of aromatic amines is 1. The Balaban J connectivity index is 1.73. The third-order valence-electron chi connectivity index (χ3n) is 4.31. The molecule has 1 amide bonds. The van der Waals surface area contributed by atoms with Crippen LogP contribution in [0.5, 0.6) is 0 Å². The molecular formula is C16H20N4O3S. The fourth-order valence-electron chi connectivity index (χ4n) is 2.97. The van der Waals surface area contributed by atoms with E-state index in [1.807, 2.05) is 32.0 Å². The van der Waals surface area contributed by atoms with Crippen LogP contribution in [-0.4, -0.2) is 59.9 Å². The van der Waals surface area contributed by atoms with Gasteiger partial charge in [0.05, 0.1) is 6.20 Å². The van der Waals surface area contributed by atoms with Crippen molar-refractivity contribution in [1.29, 1.82) is 0 Å². The highest BCUT2D eigenvalue weighted by Crippen LogP contribution is 2.19. The van der Waals surface area contributed by atoms with Gasteiger partial charge in [-0.1, -0.05) is 18.2 Å². The molecule has 0 bridgehead atoms. The molecule has 0 atom stereocenters. The smallest absolute Gasteiger partial charge is 0.260 e. The highest BCUT2D eigenvalue weighted by molar-refractivity contribution is 7.89. The third kappa shape index (κ3) is 2.94. The van der Waals surface area contributed by atoms with Gasteiger partial charge in [-0.25, -0.2) is 8.42 Å². The van der Waals surface area contributed by atoms with E-state index < -0.39 is 10.0 Å². The second kappa shape index (κ2) is 6.37. The summed E-state index contributed by atoms with van der Waals surface area (Å²) in [5.74, 6) is -0.0378. The van der Waals surface area contributed by atoms with E-state index in [0.29, 0.717) is 18.7 Å². The maximum atomic E-state index is 12.8. The lowest BCUT2D eigenvalue weighted by molar-refractivity contribution is 0.0696. The molecule has 24 heavy (non-hydrogen) atoms. The van der Waals surface area contributed by atoms with E-state index in [9.17, 15) is 13.2 Å². The number of nitrogens with zero attached hydrogens (tertiary/aromatic N) is 3. The number of rotatable bonds is 3. The van der Waals surface area contributed by atoms with Crippen LogP contribution in [0.3, 0.4) is 0 Å². The number of hydrogen-bond donors (Lipinski definition) is 1. The summed E-state index contributed by atoms with van der Waals surface area (Å²) in [6.45, 7) is 5.13. The number of carbonyl (C=O) groups is 1. The van der Waals surface area contributed by atoms with Crippen molar-refractivity contribution in [2.75, 3.05) is 26.2 Å². The van der Waals surface area contributed by atoms with Gasteiger partial charge in [0.15, 0.2) is 5.03 Å². The zero-order chi connectivity index (χ0) is 17.3. The van der Waals surface area contributed by atoms with E-state index in [1.165, 1.54) is 16.6 Å². The standard InChI is InChI=1S/C16H20N4O3S/c1-12-4-3-5-13(2)15(12)16(21)19-8-10-20(11-9-19)24(22,23)14-6-7-17-18-14/h3-7H,8-11H2,1-2H3,(H,17,18). The van der Waals surface area contributed by atoms with Gasteiger partial charge in [-0.15, -0.1) is 0 Å². The average molecular weight is 348 g/mol. The van der Waals surface area contributed by atoms with Crippen LogP contribution in [0.15, 0.2) is 35.5 Å². The summed E-state index contributed by atoms with van der Waals surface area (Å²) in [6.07, 6.45) is 1.41. The summed E-state index contributed by atoms with van der Waals surface area (Å²) in [5.41, 5.74) is 2.59. The lowest BCUT2D eigenvalue weighted by atomic mass is 10.0. The average Bonchev–Trinajstić information content (AvgIpc) is 3.10. The SMILES string of the molecule is Cc1cccc(C)c1C(=O)N1CCN(S(=O)(=O)c2ccn[nH]2)CC1. The molecular weight excluding hydrogens is 328 g/mol. The maximum Gasteiger partial charge on any atom is 0.260 e. The molecule has 128 valence electrons. The van der Waals surface area contributed by atoms with Crippen LogP contribution in [-0.2, 0) is 10.0 Å². The van der Waals surface area contributed by atoms with Gasteiger partial charge in [0.25, 0.3) is 15.9 Å². The molecule has 2 aromatic rings. The van der Waals surface area contributed by atoms with Crippen molar-refractivity contribution in [3.8, 4) is 0 Å². The molecule has 1 fully saturated rings. The molecule has 1 N–H and O–H groups in total. The molecule has 1 aliphatic heterocycles. The lowest BCUT2D eigenvalue weighted by Crippen LogP contribution is -2.50. The largest absolute Gasteiger partial charge is 0.336 e. The minimum Gasteiger partial charge on any atom is -0.336 e. The van der Waals surface area contributed by atoms with Crippen molar-refractivity contribution in [3.05, 3.63) is 47.2 Å². The Labute approximate surface area is 141 Å². The van der Waals surface area contributed by atoms with Gasteiger partial charge in [-0.3, -0.25) is 9.89 Å². The molecule has 0 saturated carbocycles. The van der Waals surface area contributed by atoms with Crippen molar-refractivity contribution in [2.45, 2.75) is 18.9 Å². The van der Waals surface area contributed by atoms with E-state index in [1.54, 1.807) is 4.90 Å². The molecule has 7 nitrogen and oxygen atoms in total. The Kier molecular flexibility index (Phi) is 4.42. The number of piperazine rings is 1. The Hall–Kier alpha value is -2.19. The summed E-state index contributed by atoms with van der Waals surface area (Å²) < 4.78 is 26.3. The molecule has 0 radical (unpaired) electrons. The summed E-state index contributed by atoms with van der Waals surface area (Å²) >= 11 is 0. The molecule has 0 unspecified atom stereocenters. The van der Waals surface area contributed by atoms with Crippen molar-refractivity contribution in [3.63, 3.8) is 0 Å². The molecule has 0 aliphatic carbocycles. The summed E-state index contributed by atoms with van der Waals surface area (Å²) in [4.78, 5) is 14.5. The molecule has 1 saturated heterocycles. The predicted octanol–water partition coefficient (Wildman–Crippen LogP) is 1.17. The van der Waals surface area contributed by atoms with Gasteiger partial charge in [0.2, 0.25) is 0 Å². The number of nitrogens with one attached hydrogen (secondary N) is 1. The highest BCUT2D eigenvalue weighted by atomic mass is 32.2. The summed E-state index contributed by atoms with van der Waals surface area (Å²) in [7, 11) is -3.57. The Morgan fingerprint density at radius 3 is 2.25 bits per heavy atom. The Bertz CT molecular complexity index is 818. The number of carbonyl (C=O) groups excluding carboxylic acids is 1. The number of aromatic nitrogens is 2. The van der Waals surface area contributed by atoms with Gasteiger partial charge in [0.1, 0.15) is 0 Å². The molecule has 1 aliphatic rings. The Morgan fingerprint density at radius 2 is 1.71 bits per heavy atom. The van der Waals surface area contributed by atoms with Crippen molar-refractivity contribution >= 4 is 15.9 Å². The van der Waals surface area contributed by atoms with Crippen LogP contribution >= 0.6 is 0 Å².